The molecule has 0 spiro atoms. The van der Waals surface area contributed by atoms with Crippen LogP contribution in [0.5, 0.6) is 0 Å². The highest BCUT2D eigenvalue weighted by atomic mass is 32.2. The molecule has 3 aromatic rings. The van der Waals surface area contributed by atoms with Crippen LogP contribution in [0.4, 0.5) is 0 Å². The second-order valence-electron chi connectivity index (χ2n) is 8.21. The first-order chi connectivity index (χ1) is 14.3. The van der Waals surface area contributed by atoms with Crippen molar-refractivity contribution in [2.75, 3.05) is 11.5 Å². The van der Waals surface area contributed by atoms with Crippen molar-refractivity contribution in [1.29, 1.82) is 0 Å². The number of carbonyl (C=O) groups is 1. The number of hydrogen-bond acceptors (Lipinski definition) is 5. The molecule has 2 aliphatic rings. The molecule has 2 unspecified atom stereocenters. The van der Waals surface area contributed by atoms with E-state index in [1.807, 2.05) is 50.2 Å². The van der Waals surface area contributed by atoms with Gasteiger partial charge in [-0.2, -0.15) is 0 Å². The Hall–Kier alpha value is -2.93. The number of rotatable bonds is 2. The van der Waals surface area contributed by atoms with Gasteiger partial charge in [0.05, 0.1) is 28.5 Å². The fraction of sp³-hybridized carbons (Fsp3) is 0.304. The Bertz CT molecular complexity index is 1360. The Morgan fingerprint density at radius 1 is 1.07 bits per heavy atom. The minimum absolute atomic E-state index is 0.0256. The summed E-state index contributed by atoms with van der Waals surface area (Å²) in [6, 6.07) is 11.8. The molecule has 1 fully saturated rings. The number of aryl methyl sites for hydroxylation is 2. The molecule has 0 aliphatic carbocycles. The zero-order valence-electron chi connectivity index (χ0n) is 16.7. The number of nitrogens with zero attached hydrogens (tertiary/aromatic N) is 1. The van der Waals surface area contributed by atoms with Gasteiger partial charge < -0.3 is 9.32 Å². The van der Waals surface area contributed by atoms with Gasteiger partial charge in [-0.05, 0) is 43.0 Å². The standard InChI is InChI=1S/C23H21NO5S/c1-13-10-14(2)21-17(11-13)20(25)18-19(15-6-4-3-5-7-15)24(23(26)22(18)29-21)16-8-9-30(27,28)12-16/h3-7,10-11,16,19H,8-9,12H2,1-2H3. The van der Waals surface area contributed by atoms with E-state index in [2.05, 4.69) is 0 Å². The van der Waals surface area contributed by atoms with Gasteiger partial charge in [-0.15, -0.1) is 0 Å². The van der Waals surface area contributed by atoms with E-state index < -0.39 is 27.8 Å². The quantitative estimate of drug-likeness (QED) is 0.632. The molecule has 6 nitrogen and oxygen atoms in total. The number of carbonyl (C=O) groups excluding carboxylic acids is 1. The van der Waals surface area contributed by atoms with E-state index in [1.165, 1.54) is 0 Å². The third-order valence-corrected chi connectivity index (χ3v) is 7.80. The molecule has 2 aliphatic heterocycles. The molecular weight excluding hydrogens is 402 g/mol. The summed E-state index contributed by atoms with van der Waals surface area (Å²) in [5, 5.41) is 0.445. The van der Waals surface area contributed by atoms with E-state index >= 15 is 0 Å². The third-order valence-electron chi connectivity index (χ3n) is 6.05. The molecule has 3 heterocycles. The van der Waals surface area contributed by atoms with Gasteiger partial charge in [0.15, 0.2) is 15.3 Å². The predicted octanol–water partition coefficient (Wildman–Crippen LogP) is 3.14. The molecule has 154 valence electrons. The van der Waals surface area contributed by atoms with Crippen LogP contribution < -0.4 is 5.43 Å². The maximum absolute atomic E-state index is 13.6. The van der Waals surface area contributed by atoms with Crippen LogP contribution in [0, 0.1) is 13.8 Å². The number of hydrogen-bond donors (Lipinski definition) is 0. The average Bonchev–Trinajstić information content (AvgIpc) is 3.20. The SMILES string of the molecule is Cc1cc(C)c2oc3c(c(=O)c2c1)C(c1ccccc1)N(C1CCS(=O)(=O)C1)C3=O. The number of amides is 1. The summed E-state index contributed by atoms with van der Waals surface area (Å²) in [4.78, 5) is 28.6. The second kappa shape index (κ2) is 6.54. The van der Waals surface area contributed by atoms with Gasteiger partial charge in [-0.3, -0.25) is 9.59 Å². The van der Waals surface area contributed by atoms with Crippen LogP contribution in [-0.2, 0) is 9.84 Å². The third kappa shape index (κ3) is 2.80. The van der Waals surface area contributed by atoms with Crippen molar-refractivity contribution < 1.29 is 17.6 Å². The van der Waals surface area contributed by atoms with Crippen molar-refractivity contribution in [3.05, 3.63) is 80.7 Å². The molecule has 0 N–H and O–H groups in total. The molecule has 2 aromatic carbocycles. The first-order valence-corrected chi connectivity index (χ1v) is 11.7. The Kier molecular flexibility index (Phi) is 4.15. The lowest BCUT2D eigenvalue weighted by Gasteiger charge is -2.30. The lowest BCUT2D eigenvalue weighted by Crippen LogP contribution is -2.40. The molecule has 1 amide bonds. The maximum atomic E-state index is 13.6. The monoisotopic (exact) mass is 423 g/mol. The van der Waals surface area contributed by atoms with Crippen molar-refractivity contribution in [2.45, 2.75) is 32.4 Å². The van der Waals surface area contributed by atoms with Crippen LogP contribution in [0.1, 0.15) is 45.3 Å². The van der Waals surface area contributed by atoms with Crippen molar-refractivity contribution >= 4 is 26.7 Å². The molecule has 1 saturated heterocycles. The summed E-state index contributed by atoms with van der Waals surface area (Å²) >= 11 is 0. The van der Waals surface area contributed by atoms with E-state index in [0.29, 0.717) is 23.0 Å². The van der Waals surface area contributed by atoms with Gasteiger partial charge in [0.25, 0.3) is 5.91 Å². The highest BCUT2D eigenvalue weighted by Gasteiger charge is 2.48. The van der Waals surface area contributed by atoms with E-state index in [0.717, 1.165) is 16.7 Å². The highest BCUT2D eigenvalue weighted by Crippen LogP contribution is 2.41. The zero-order chi connectivity index (χ0) is 21.2. The first-order valence-electron chi connectivity index (χ1n) is 9.93. The van der Waals surface area contributed by atoms with E-state index in [1.54, 1.807) is 11.0 Å². The normalized spacial score (nSPS) is 22.6. The second-order valence-corrected chi connectivity index (χ2v) is 10.4. The van der Waals surface area contributed by atoms with Crippen molar-refractivity contribution in [3.8, 4) is 0 Å². The van der Waals surface area contributed by atoms with Gasteiger partial charge in [0.1, 0.15) is 5.58 Å². The van der Waals surface area contributed by atoms with Crippen LogP contribution in [0.15, 0.2) is 51.7 Å². The van der Waals surface area contributed by atoms with Crippen molar-refractivity contribution in [2.24, 2.45) is 0 Å². The number of fused-ring (bicyclic) bond motifs is 2. The lowest BCUT2D eigenvalue weighted by molar-refractivity contribution is 0.0662. The molecule has 2 atom stereocenters. The summed E-state index contributed by atoms with van der Waals surface area (Å²) in [5.74, 6) is -0.444. The Morgan fingerprint density at radius 3 is 2.47 bits per heavy atom. The minimum Gasteiger partial charge on any atom is -0.450 e. The van der Waals surface area contributed by atoms with Crippen LogP contribution in [0.3, 0.4) is 0 Å². The molecule has 30 heavy (non-hydrogen) atoms. The summed E-state index contributed by atoms with van der Waals surface area (Å²) < 4.78 is 30.3. The molecule has 0 saturated carbocycles. The van der Waals surface area contributed by atoms with Crippen LogP contribution in [0.25, 0.3) is 11.0 Å². The maximum Gasteiger partial charge on any atom is 0.291 e. The largest absolute Gasteiger partial charge is 0.450 e. The summed E-state index contributed by atoms with van der Waals surface area (Å²) in [6.45, 7) is 3.76. The molecule has 0 bridgehead atoms. The van der Waals surface area contributed by atoms with E-state index in [-0.39, 0.29) is 22.7 Å². The smallest absolute Gasteiger partial charge is 0.291 e. The Morgan fingerprint density at radius 2 is 1.80 bits per heavy atom. The number of sulfone groups is 1. The highest BCUT2D eigenvalue weighted by molar-refractivity contribution is 7.91. The van der Waals surface area contributed by atoms with E-state index in [9.17, 15) is 18.0 Å². The van der Waals surface area contributed by atoms with Crippen LogP contribution in [0.2, 0.25) is 0 Å². The summed E-state index contributed by atoms with van der Waals surface area (Å²) in [6.07, 6.45) is 0.358. The molecule has 7 heteroatoms. The summed E-state index contributed by atoms with van der Waals surface area (Å²) in [7, 11) is -3.21. The van der Waals surface area contributed by atoms with Gasteiger partial charge in [0, 0.05) is 6.04 Å². The first kappa shape index (κ1) is 19.1. The minimum atomic E-state index is -3.21. The van der Waals surface area contributed by atoms with Gasteiger partial charge in [0.2, 0.25) is 5.76 Å². The molecule has 5 rings (SSSR count). The molecular formula is C23H21NO5S. The predicted molar refractivity (Wildman–Crippen MR) is 113 cm³/mol. The van der Waals surface area contributed by atoms with Crippen LogP contribution >= 0.6 is 0 Å². The summed E-state index contributed by atoms with van der Waals surface area (Å²) in [5.41, 5.74) is 2.97. The van der Waals surface area contributed by atoms with E-state index in [4.69, 9.17) is 4.42 Å². The zero-order valence-corrected chi connectivity index (χ0v) is 17.5. The number of benzene rings is 2. The Balaban J connectivity index is 1.79. The van der Waals surface area contributed by atoms with Gasteiger partial charge >= 0.3 is 0 Å². The van der Waals surface area contributed by atoms with Crippen molar-refractivity contribution in [3.63, 3.8) is 0 Å². The van der Waals surface area contributed by atoms with Crippen LogP contribution in [-0.4, -0.2) is 36.8 Å². The Labute approximate surface area is 174 Å². The molecule has 1 aromatic heterocycles. The lowest BCUT2D eigenvalue weighted by atomic mass is 9.97. The average molecular weight is 423 g/mol. The topological polar surface area (TPSA) is 84.7 Å². The van der Waals surface area contributed by atoms with Gasteiger partial charge in [-0.1, -0.05) is 36.4 Å². The molecule has 0 radical (unpaired) electrons. The fourth-order valence-corrected chi connectivity index (χ4v) is 6.49. The van der Waals surface area contributed by atoms with Gasteiger partial charge in [-0.25, -0.2) is 8.42 Å². The van der Waals surface area contributed by atoms with Crippen molar-refractivity contribution in [1.82, 2.24) is 4.90 Å². The fourth-order valence-electron chi connectivity index (χ4n) is 4.78.